The van der Waals surface area contributed by atoms with Crippen LogP contribution in [0.4, 0.5) is 27.6 Å². The number of hydrogen-bond acceptors (Lipinski definition) is 6. The second-order valence-electron chi connectivity index (χ2n) is 7.05. The van der Waals surface area contributed by atoms with Gasteiger partial charge in [-0.1, -0.05) is 0 Å². The molecule has 0 aliphatic carbocycles. The van der Waals surface area contributed by atoms with E-state index < -0.39 is 55.3 Å². The third kappa shape index (κ3) is 4.39. The number of ether oxygens (including phenoxy) is 1. The first-order valence-electron chi connectivity index (χ1n) is 9.53. The van der Waals surface area contributed by atoms with Crippen molar-refractivity contribution in [2.24, 2.45) is 0 Å². The van der Waals surface area contributed by atoms with Crippen LogP contribution >= 0.6 is 0 Å². The van der Waals surface area contributed by atoms with E-state index >= 15 is 4.39 Å². The Bertz CT molecular complexity index is 1550. The topological polar surface area (TPSA) is 114 Å². The minimum atomic E-state index is -4.69. The molecular weight excluding hydrogens is 499 g/mol. The van der Waals surface area contributed by atoms with Crippen molar-refractivity contribution in [1.29, 1.82) is 0 Å². The van der Waals surface area contributed by atoms with Crippen molar-refractivity contribution in [1.82, 2.24) is 15.0 Å². The molecule has 2 N–H and O–H groups in total. The smallest absolute Gasteiger partial charge is 0.416 e. The Kier molecular flexibility index (Phi) is 5.92. The summed E-state index contributed by atoms with van der Waals surface area (Å²) < 4.78 is 100. The minimum absolute atomic E-state index is 0.0421. The summed E-state index contributed by atoms with van der Waals surface area (Å²) in [5.74, 6) is -4.01. The molecule has 0 spiro atoms. The number of aromatic amines is 1. The largest absolute Gasteiger partial charge is 0.480 e. The van der Waals surface area contributed by atoms with Crippen molar-refractivity contribution < 1.29 is 39.9 Å². The van der Waals surface area contributed by atoms with Crippen LogP contribution in [-0.4, -0.2) is 36.3 Å². The molecule has 2 aromatic heterocycles. The van der Waals surface area contributed by atoms with E-state index in [0.717, 1.165) is 18.6 Å². The predicted molar refractivity (Wildman–Crippen MR) is 112 cm³/mol. The van der Waals surface area contributed by atoms with E-state index in [-0.39, 0.29) is 22.5 Å². The molecule has 0 aliphatic heterocycles. The number of benzene rings is 2. The lowest BCUT2D eigenvalue weighted by Gasteiger charge is -2.13. The lowest BCUT2D eigenvalue weighted by molar-refractivity contribution is -0.137. The molecule has 0 radical (unpaired) electrons. The third-order valence-electron chi connectivity index (χ3n) is 4.93. The fourth-order valence-corrected chi connectivity index (χ4v) is 4.33. The maximum Gasteiger partial charge on any atom is 0.416 e. The van der Waals surface area contributed by atoms with Crippen LogP contribution in [0.1, 0.15) is 21.5 Å². The van der Waals surface area contributed by atoms with E-state index in [4.69, 9.17) is 4.74 Å². The van der Waals surface area contributed by atoms with Crippen LogP contribution in [0.5, 0.6) is 5.88 Å². The van der Waals surface area contributed by atoms with Gasteiger partial charge in [0.05, 0.1) is 39.8 Å². The first-order chi connectivity index (χ1) is 16.4. The van der Waals surface area contributed by atoms with Crippen LogP contribution in [0.25, 0.3) is 11.0 Å². The number of sulfonamides is 1. The first kappa shape index (κ1) is 24.1. The lowest BCUT2D eigenvalue weighted by atomic mass is 10.0. The summed E-state index contributed by atoms with van der Waals surface area (Å²) >= 11 is 0. The highest BCUT2D eigenvalue weighted by Crippen LogP contribution is 2.32. The van der Waals surface area contributed by atoms with E-state index in [1.165, 1.54) is 7.11 Å². The van der Waals surface area contributed by atoms with Gasteiger partial charge in [-0.3, -0.25) is 9.52 Å². The Labute approximate surface area is 193 Å². The van der Waals surface area contributed by atoms with Gasteiger partial charge >= 0.3 is 6.18 Å². The highest BCUT2D eigenvalue weighted by atomic mass is 32.2. The lowest BCUT2D eigenvalue weighted by Crippen LogP contribution is -2.17. The van der Waals surface area contributed by atoms with Gasteiger partial charge in [0.25, 0.3) is 10.0 Å². The number of halogens is 5. The Morgan fingerprint density at radius 1 is 1.06 bits per heavy atom. The Hall–Kier alpha value is -4.07. The molecule has 4 aromatic rings. The number of rotatable bonds is 6. The molecule has 0 saturated carbocycles. The van der Waals surface area contributed by atoms with E-state index in [9.17, 15) is 30.8 Å². The number of H-pyrrole nitrogens is 1. The van der Waals surface area contributed by atoms with Gasteiger partial charge < -0.3 is 9.72 Å². The van der Waals surface area contributed by atoms with Gasteiger partial charge in [0.15, 0.2) is 5.82 Å². The summed E-state index contributed by atoms with van der Waals surface area (Å²) in [6, 6.07) is 3.84. The Balaban J connectivity index is 1.73. The standard InChI is InChI=1S/C21H13F5N4O4S/c1-34-20-15-12(8-27-19(15)28-9-29-20)18(31)16-13(22)6-7-14(17(16)23)30-35(32,33)11-4-2-10(3-5-11)21(24,25)26/h2-9,30H,1H3,(H,27,28,29). The third-order valence-corrected chi connectivity index (χ3v) is 6.31. The molecule has 0 saturated heterocycles. The summed E-state index contributed by atoms with van der Waals surface area (Å²) in [5.41, 5.74) is -3.05. The average Bonchev–Trinajstić information content (AvgIpc) is 3.25. The van der Waals surface area contributed by atoms with Gasteiger partial charge in [-0.2, -0.15) is 13.2 Å². The molecule has 182 valence electrons. The van der Waals surface area contributed by atoms with Crippen molar-refractivity contribution in [2.45, 2.75) is 11.1 Å². The van der Waals surface area contributed by atoms with E-state index in [2.05, 4.69) is 15.0 Å². The Morgan fingerprint density at radius 2 is 1.74 bits per heavy atom. The van der Waals surface area contributed by atoms with Gasteiger partial charge in [-0.25, -0.2) is 27.2 Å². The number of alkyl halides is 3. The summed E-state index contributed by atoms with van der Waals surface area (Å²) in [4.78, 5) is 22.8. The number of nitrogens with zero attached hydrogens (tertiary/aromatic N) is 2. The molecule has 35 heavy (non-hydrogen) atoms. The van der Waals surface area contributed by atoms with Gasteiger partial charge in [0.2, 0.25) is 11.7 Å². The van der Waals surface area contributed by atoms with Crippen molar-refractivity contribution in [3.63, 3.8) is 0 Å². The molecule has 0 aliphatic rings. The number of ketones is 1. The number of carbonyl (C=O) groups is 1. The molecule has 4 rings (SSSR count). The molecule has 2 aromatic carbocycles. The minimum Gasteiger partial charge on any atom is -0.480 e. The van der Waals surface area contributed by atoms with Crippen LogP contribution in [0, 0.1) is 11.6 Å². The number of hydrogen-bond donors (Lipinski definition) is 2. The average molecular weight is 512 g/mol. The molecule has 0 unspecified atom stereocenters. The SMILES string of the molecule is COc1ncnc2[nH]cc(C(=O)c3c(F)ccc(NS(=O)(=O)c4ccc(C(F)(F)F)cc4)c3F)c12. The summed E-state index contributed by atoms with van der Waals surface area (Å²) in [6.07, 6.45) is -2.41. The molecule has 14 heteroatoms. The fourth-order valence-electron chi connectivity index (χ4n) is 3.27. The molecule has 0 bridgehead atoms. The maximum absolute atomic E-state index is 15.2. The van der Waals surface area contributed by atoms with Gasteiger partial charge in [0, 0.05) is 6.20 Å². The Morgan fingerprint density at radius 3 is 2.37 bits per heavy atom. The van der Waals surface area contributed by atoms with Crippen LogP contribution in [0.2, 0.25) is 0 Å². The highest BCUT2D eigenvalue weighted by molar-refractivity contribution is 7.92. The van der Waals surface area contributed by atoms with Crippen LogP contribution in [0.3, 0.4) is 0 Å². The number of nitrogens with one attached hydrogen (secondary N) is 2. The van der Waals surface area contributed by atoms with Gasteiger partial charge in [0.1, 0.15) is 17.8 Å². The van der Waals surface area contributed by atoms with Gasteiger partial charge in [-0.15, -0.1) is 0 Å². The fraction of sp³-hybridized carbons (Fsp3) is 0.0952. The van der Waals surface area contributed by atoms with Crippen molar-refractivity contribution in [3.8, 4) is 5.88 Å². The number of aromatic nitrogens is 3. The maximum atomic E-state index is 15.2. The van der Waals surface area contributed by atoms with Crippen molar-refractivity contribution >= 4 is 32.5 Å². The normalized spacial score (nSPS) is 12.1. The zero-order valence-corrected chi connectivity index (χ0v) is 18.3. The summed E-state index contributed by atoms with van der Waals surface area (Å²) in [5, 5.41) is 0.0505. The van der Waals surface area contributed by atoms with E-state index in [0.29, 0.717) is 30.3 Å². The predicted octanol–water partition coefficient (Wildman–Crippen LogP) is 4.30. The molecule has 2 heterocycles. The monoisotopic (exact) mass is 512 g/mol. The molecule has 0 atom stereocenters. The molecule has 0 fully saturated rings. The quantitative estimate of drug-likeness (QED) is 0.294. The van der Waals surface area contributed by atoms with Crippen LogP contribution < -0.4 is 9.46 Å². The van der Waals surface area contributed by atoms with Crippen LogP contribution in [-0.2, 0) is 16.2 Å². The molecule has 0 amide bonds. The zero-order chi connectivity index (χ0) is 25.5. The zero-order valence-electron chi connectivity index (χ0n) is 17.4. The number of carbonyl (C=O) groups excluding carboxylic acids is 1. The second kappa shape index (κ2) is 8.61. The number of methoxy groups -OCH3 is 1. The van der Waals surface area contributed by atoms with E-state index in [1.54, 1.807) is 0 Å². The van der Waals surface area contributed by atoms with Crippen molar-refractivity contribution in [2.75, 3.05) is 11.8 Å². The molecule has 8 nitrogen and oxygen atoms in total. The van der Waals surface area contributed by atoms with Gasteiger partial charge in [-0.05, 0) is 36.4 Å². The first-order valence-corrected chi connectivity index (χ1v) is 11.0. The second-order valence-corrected chi connectivity index (χ2v) is 8.73. The number of anilines is 1. The summed E-state index contributed by atoms with van der Waals surface area (Å²) in [7, 11) is -3.33. The van der Waals surface area contributed by atoms with Crippen molar-refractivity contribution in [3.05, 3.63) is 77.2 Å². The highest BCUT2D eigenvalue weighted by Gasteiger charge is 2.31. The summed E-state index contributed by atoms with van der Waals surface area (Å²) in [6.45, 7) is 0. The number of fused-ring (bicyclic) bond motifs is 1. The van der Waals surface area contributed by atoms with Crippen LogP contribution in [0.15, 0.2) is 53.8 Å². The van der Waals surface area contributed by atoms with E-state index in [1.807, 2.05) is 4.72 Å². The molecular formula is C21H13F5N4O4S.